The Morgan fingerprint density at radius 3 is 2.56 bits per heavy atom. The third-order valence-corrected chi connectivity index (χ3v) is 5.41. The number of hydrogen-bond acceptors (Lipinski definition) is 6. The normalized spacial score (nSPS) is 15.8. The summed E-state index contributed by atoms with van der Waals surface area (Å²) in [6.45, 7) is 1.54. The molecule has 0 aliphatic heterocycles. The van der Waals surface area contributed by atoms with Gasteiger partial charge in [-0.3, -0.25) is 15.1 Å². The SMILES string of the molecule is C[C@@H](OC(=O)Nc1c(-c2ccc(NC(=O)C3CC(F)(F)C3)cn2)nnn1C)c1ccccc1F. The number of hydrogen-bond donors (Lipinski definition) is 2. The van der Waals surface area contributed by atoms with Crippen molar-refractivity contribution in [1.82, 2.24) is 20.0 Å². The molecule has 3 aromatic rings. The molecule has 12 heteroatoms. The number of rotatable bonds is 6. The summed E-state index contributed by atoms with van der Waals surface area (Å²) in [6, 6.07) is 9.04. The first-order valence-electron chi connectivity index (χ1n) is 10.4. The lowest BCUT2D eigenvalue weighted by Crippen LogP contribution is -2.42. The predicted molar refractivity (Wildman–Crippen MR) is 115 cm³/mol. The van der Waals surface area contributed by atoms with Crippen LogP contribution in [-0.4, -0.2) is 37.9 Å². The van der Waals surface area contributed by atoms with Gasteiger partial charge in [0.1, 0.15) is 11.9 Å². The minimum absolute atomic E-state index is 0.187. The average molecular weight is 474 g/mol. The number of aromatic nitrogens is 4. The number of alkyl halides is 2. The van der Waals surface area contributed by atoms with Crippen LogP contribution in [-0.2, 0) is 16.6 Å². The van der Waals surface area contributed by atoms with E-state index in [0.29, 0.717) is 11.4 Å². The molecule has 1 saturated carbocycles. The third-order valence-electron chi connectivity index (χ3n) is 5.41. The topological polar surface area (TPSA) is 111 Å². The Morgan fingerprint density at radius 1 is 1.18 bits per heavy atom. The smallest absolute Gasteiger partial charge is 0.413 e. The highest BCUT2D eigenvalue weighted by molar-refractivity contribution is 5.93. The lowest BCUT2D eigenvalue weighted by atomic mass is 9.81. The van der Waals surface area contributed by atoms with Gasteiger partial charge in [0.2, 0.25) is 11.8 Å². The van der Waals surface area contributed by atoms with Crippen LogP contribution in [0.15, 0.2) is 42.6 Å². The summed E-state index contributed by atoms with van der Waals surface area (Å²) in [5.41, 5.74) is 1.12. The van der Waals surface area contributed by atoms with Gasteiger partial charge in [-0.15, -0.1) is 5.10 Å². The van der Waals surface area contributed by atoms with Crippen LogP contribution in [0.5, 0.6) is 0 Å². The summed E-state index contributed by atoms with van der Waals surface area (Å²) in [7, 11) is 1.55. The molecule has 2 heterocycles. The fourth-order valence-electron chi connectivity index (χ4n) is 3.52. The second kappa shape index (κ2) is 9.12. The molecule has 1 aliphatic rings. The lowest BCUT2D eigenvalue weighted by Gasteiger charge is -2.33. The van der Waals surface area contributed by atoms with Gasteiger partial charge in [-0.05, 0) is 25.1 Å². The number of carbonyl (C=O) groups is 2. The molecule has 2 amide bonds. The van der Waals surface area contributed by atoms with Gasteiger partial charge in [-0.2, -0.15) is 0 Å². The third kappa shape index (κ3) is 5.00. The van der Waals surface area contributed by atoms with Gasteiger partial charge in [-0.1, -0.05) is 23.4 Å². The maximum absolute atomic E-state index is 13.9. The Kier molecular flexibility index (Phi) is 6.22. The van der Waals surface area contributed by atoms with Crippen molar-refractivity contribution in [2.45, 2.75) is 31.8 Å². The van der Waals surface area contributed by atoms with Crippen molar-refractivity contribution in [3.63, 3.8) is 0 Å². The molecule has 178 valence electrons. The molecule has 0 saturated heterocycles. The Hall–Kier alpha value is -3.96. The van der Waals surface area contributed by atoms with Gasteiger partial charge in [0.15, 0.2) is 11.5 Å². The van der Waals surface area contributed by atoms with Crippen molar-refractivity contribution >= 4 is 23.5 Å². The van der Waals surface area contributed by atoms with E-state index >= 15 is 0 Å². The van der Waals surface area contributed by atoms with Gasteiger partial charge >= 0.3 is 6.09 Å². The van der Waals surface area contributed by atoms with Crippen molar-refractivity contribution in [2.24, 2.45) is 13.0 Å². The van der Waals surface area contributed by atoms with Crippen LogP contribution in [0.3, 0.4) is 0 Å². The summed E-state index contributed by atoms with van der Waals surface area (Å²) in [5, 5.41) is 13.0. The van der Waals surface area contributed by atoms with Crippen LogP contribution in [0.25, 0.3) is 11.4 Å². The number of benzene rings is 1. The summed E-state index contributed by atoms with van der Waals surface area (Å²) in [4.78, 5) is 28.7. The van der Waals surface area contributed by atoms with Gasteiger partial charge in [0.05, 0.1) is 17.6 Å². The predicted octanol–water partition coefficient (Wildman–Crippen LogP) is 4.31. The molecule has 1 aliphatic carbocycles. The minimum Gasteiger partial charge on any atom is -0.441 e. The second-order valence-electron chi connectivity index (χ2n) is 7.99. The standard InChI is InChI=1S/C22H21F3N6O3/c1-12(15-5-3-4-6-16(15)23)34-21(33)28-19-18(29-30-31(19)2)17-8-7-14(11-26-17)27-20(32)13-9-22(24,25)10-13/h3-8,11-13H,9-10H2,1-2H3,(H,27,32)(H,28,33)/t12-/m1/s1. The molecule has 2 N–H and O–H groups in total. The molecule has 0 spiro atoms. The van der Waals surface area contributed by atoms with E-state index in [0.717, 1.165) is 0 Å². The van der Waals surface area contributed by atoms with E-state index in [1.807, 2.05) is 0 Å². The Morgan fingerprint density at radius 2 is 1.91 bits per heavy atom. The number of nitrogens with zero attached hydrogens (tertiary/aromatic N) is 4. The van der Waals surface area contributed by atoms with Crippen LogP contribution in [0.1, 0.15) is 31.4 Å². The van der Waals surface area contributed by atoms with E-state index in [4.69, 9.17) is 4.74 Å². The molecule has 1 atom stereocenters. The van der Waals surface area contributed by atoms with Crippen molar-refractivity contribution < 1.29 is 27.5 Å². The van der Waals surface area contributed by atoms with Gasteiger partial charge in [0.25, 0.3) is 0 Å². The average Bonchev–Trinajstić information content (AvgIpc) is 3.12. The number of pyridine rings is 1. The van der Waals surface area contributed by atoms with Crippen LogP contribution in [0.2, 0.25) is 0 Å². The first kappa shape index (κ1) is 23.2. The zero-order chi connectivity index (χ0) is 24.5. The maximum Gasteiger partial charge on any atom is 0.413 e. The number of aryl methyl sites for hydroxylation is 1. The number of amides is 2. The molecule has 2 aromatic heterocycles. The van der Waals surface area contributed by atoms with E-state index < -0.39 is 48.6 Å². The molecule has 1 aromatic carbocycles. The molecule has 0 bridgehead atoms. The van der Waals surface area contributed by atoms with Crippen LogP contribution >= 0.6 is 0 Å². The maximum atomic E-state index is 13.9. The van der Waals surface area contributed by atoms with Crippen molar-refractivity contribution in [3.05, 3.63) is 54.0 Å². The largest absolute Gasteiger partial charge is 0.441 e. The Balaban J connectivity index is 1.41. The zero-order valence-electron chi connectivity index (χ0n) is 18.3. The number of ether oxygens (including phenoxy) is 1. The van der Waals surface area contributed by atoms with Crippen LogP contribution < -0.4 is 10.6 Å². The van der Waals surface area contributed by atoms with E-state index in [1.54, 1.807) is 20.0 Å². The highest BCUT2D eigenvalue weighted by Crippen LogP contribution is 2.42. The van der Waals surface area contributed by atoms with E-state index in [9.17, 15) is 22.8 Å². The number of nitrogens with one attached hydrogen (secondary N) is 2. The highest BCUT2D eigenvalue weighted by Gasteiger charge is 2.48. The second-order valence-corrected chi connectivity index (χ2v) is 7.99. The van der Waals surface area contributed by atoms with Gasteiger partial charge in [-0.25, -0.2) is 22.6 Å². The monoisotopic (exact) mass is 474 g/mol. The number of anilines is 2. The number of carbonyl (C=O) groups excluding carboxylic acids is 2. The van der Waals surface area contributed by atoms with E-state index in [1.165, 1.54) is 41.2 Å². The van der Waals surface area contributed by atoms with Gasteiger partial charge in [0, 0.05) is 31.4 Å². The summed E-state index contributed by atoms with van der Waals surface area (Å²) < 4.78 is 46.4. The summed E-state index contributed by atoms with van der Waals surface area (Å²) in [5.74, 6) is -4.31. The van der Waals surface area contributed by atoms with Crippen LogP contribution in [0.4, 0.5) is 29.5 Å². The first-order valence-corrected chi connectivity index (χ1v) is 10.4. The molecule has 0 unspecified atom stereocenters. The summed E-state index contributed by atoms with van der Waals surface area (Å²) >= 11 is 0. The molecule has 4 rings (SSSR count). The summed E-state index contributed by atoms with van der Waals surface area (Å²) in [6.07, 6.45) is -1.28. The zero-order valence-corrected chi connectivity index (χ0v) is 18.3. The molecular formula is C22H21F3N6O3. The molecule has 1 fully saturated rings. The Labute approximate surface area is 192 Å². The number of halogens is 3. The van der Waals surface area contributed by atoms with E-state index in [-0.39, 0.29) is 17.1 Å². The molecule has 0 radical (unpaired) electrons. The molecule has 9 nitrogen and oxygen atoms in total. The highest BCUT2D eigenvalue weighted by atomic mass is 19.3. The fourth-order valence-corrected chi connectivity index (χ4v) is 3.52. The van der Waals surface area contributed by atoms with Crippen molar-refractivity contribution in [2.75, 3.05) is 10.6 Å². The quantitative estimate of drug-likeness (QED) is 0.551. The van der Waals surface area contributed by atoms with Gasteiger partial charge < -0.3 is 10.1 Å². The minimum atomic E-state index is -2.78. The van der Waals surface area contributed by atoms with Crippen molar-refractivity contribution in [1.29, 1.82) is 0 Å². The Bertz CT molecular complexity index is 1210. The lowest BCUT2D eigenvalue weighted by molar-refractivity contribution is -0.145. The van der Waals surface area contributed by atoms with E-state index in [2.05, 4.69) is 25.9 Å². The molecule has 34 heavy (non-hydrogen) atoms. The molecular weight excluding hydrogens is 453 g/mol. The first-order chi connectivity index (χ1) is 16.1. The van der Waals surface area contributed by atoms with Crippen LogP contribution in [0, 0.1) is 11.7 Å². The fraction of sp³-hybridized carbons (Fsp3) is 0.318. The van der Waals surface area contributed by atoms with Crippen molar-refractivity contribution in [3.8, 4) is 11.4 Å².